The molecular weight excluding hydrogens is 264 g/mol. The molecule has 0 aliphatic rings. The van der Waals surface area contributed by atoms with E-state index < -0.39 is 0 Å². The molecule has 0 aliphatic carbocycles. The minimum absolute atomic E-state index is 1.07. The van der Waals surface area contributed by atoms with Gasteiger partial charge in [-0.3, -0.25) is 6.08 Å². The van der Waals surface area contributed by atoms with Gasteiger partial charge in [0.25, 0.3) is 0 Å². The van der Waals surface area contributed by atoms with Crippen LogP contribution < -0.4 is 0 Å². The van der Waals surface area contributed by atoms with Crippen molar-refractivity contribution in [3.8, 4) is 0 Å². The van der Waals surface area contributed by atoms with Gasteiger partial charge in [0, 0.05) is 0 Å². The summed E-state index contributed by atoms with van der Waals surface area (Å²) < 4.78 is 0. The molecule has 0 N–H and O–H groups in total. The zero-order chi connectivity index (χ0) is 6.83. The standard InChI is InChI=1S/C6H11.HI.Zn/c1-3-5-6-4-2;;/h1,3H,4-6H2,2H3;1H;/q-1;;+2/p-1. The van der Waals surface area contributed by atoms with Crippen molar-refractivity contribution in [1.29, 1.82) is 0 Å². The van der Waals surface area contributed by atoms with Crippen LogP contribution in [0.5, 0.6) is 0 Å². The number of allylic oxidation sites excluding steroid dienone is 1. The molecule has 0 saturated carbocycles. The van der Waals surface area contributed by atoms with E-state index in [1.54, 1.807) is 6.08 Å². The van der Waals surface area contributed by atoms with Crippen molar-refractivity contribution in [3.05, 3.63) is 12.7 Å². The van der Waals surface area contributed by atoms with Crippen LogP contribution in [0.4, 0.5) is 0 Å². The molecule has 44 valence electrons. The normalized spacial score (nSPS) is 7.00. The molecule has 0 aromatic carbocycles. The van der Waals surface area contributed by atoms with Crippen LogP contribution in [0.3, 0.4) is 0 Å². The molecule has 0 nitrogen and oxygen atoms in total. The molecule has 0 amide bonds. The second-order valence-electron chi connectivity index (χ2n) is 1.38. The molecular formula is C6H11IZn. The van der Waals surface area contributed by atoms with Crippen molar-refractivity contribution in [1.82, 2.24) is 0 Å². The first kappa shape index (κ1) is 11.8. The number of unbranched alkanes of at least 4 members (excludes halogenated alkanes) is 2. The predicted octanol–water partition coefficient (Wildman–Crippen LogP) is 3.05. The van der Waals surface area contributed by atoms with Crippen LogP contribution >= 0.6 is 19.8 Å². The van der Waals surface area contributed by atoms with Crippen molar-refractivity contribution in [2.24, 2.45) is 0 Å². The van der Waals surface area contributed by atoms with Crippen LogP contribution in [-0.4, -0.2) is 0 Å². The van der Waals surface area contributed by atoms with E-state index in [4.69, 9.17) is 6.58 Å². The SMILES string of the molecule is [CH-]=CCCCC.[Zn+][I]. The van der Waals surface area contributed by atoms with Gasteiger partial charge >= 0.3 is 34.5 Å². The molecule has 0 unspecified atom stereocenters. The van der Waals surface area contributed by atoms with Crippen LogP contribution in [0, 0.1) is 6.58 Å². The van der Waals surface area contributed by atoms with Crippen molar-refractivity contribution in [3.63, 3.8) is 0 Å². The molecule has 0 radical (unpaired) electrons. The van der Waals surface area contributed by atoms with Crippen molar-refractivity contribution in [2.75, 3.05) is 0 Å². The fraction of sp³-hybridized carbons (Fsp3) is 0.667. The Bertz CT molecular complexity index is 37.5. The molecule has 0 bridgehead atoms. The Morgan fingerprint density at radius 1 is 1.62 bits per heavy atom. The molecule has 0 atom stereocenters. The monoisotopic (exact) mass is 274 g/mol. The van der Waals surface area contributed by atoms with Crippen LogP contribution in [0.2, 0.25) is 0 Å². The van der Waals surface area contributed by atoms with E-state index in [1.807, 2.05) is 0 Å². The van der Waals surface area contributed by atoms with Crippen LogP contribution in [0.1, 0.15) is 26.2 Å². The molecule has 0 spiro atoms. The average molecular weight is 275 g/mol. The van der Waals surface area contributed by atoms with Crippen LogP contribution in [0.25, 0.3) is 0 Å². The third-order valence-electron chi connectivity index (χ3n) is 0.724. The fourth-order valence-corrected chi connectivity index (χ4v) is 0.322. The van der Waals surface area contributed by atoms with E-state index in [-0.39, 0.29) is 0 Å². The zero-order valence-corrected chi connectivity index (χ0v) is 10.5. The van der Waals surface area contributed by atoms with Crippen LogP contribution in [0.15, 0.2) is 6.08 Å². The summed E-state index contributed by atoms with van der Waals surface area (Å²) in [6.07, 6.45) is 5.25. The Morgan fingerprint density at radius 2 is 2.12 bits per heavy atom. The van der Waals surface area contributed by atoms with E-state index in [2.05, 4.69) is 26.7 Å². The molecule has 0 rings (SSSR count). The third kappa shape index (κ3) is 15.7. The van der Waals surface area contributed by atoms with Gasteiger partial charge in [0.1, 0.15) is 0 Å². The van der Waals surface area contributed by atoms with Gasteiger partial charge in [-0.05, 0) is 0 Å². The maximum atomic E-state index is 5.09. The summed E-state index contributed by atoms with van der Waals surface area (Å²) in [5.41, 5.74) is 0. The summed E-state index contributed by atoms with van der Waals surface area (Å²) in [5.74, 6) is 0. The van der Waals surface area contributed by atoms with Crippen molar-refractivity contribution >= 4 is 19.8 Å². The average Bonchev–Trinajstić information content (AvgIpc) is 1.88. The van der Waals surface area contributed by atoms with Crippen LogP contribution in [-0.2, 0) is 14.8 Å². The van der Waals surface area contributed by atoms with Gasteiger partial charge in [0.2, 0.25) is 0 Å². The summed E-state index contributed by atoms with van der Waals surface area (Å²) in [5, 5.41) is 0. The van der Waals surface area contributed by atoms with Gasteiger partial charge < -0.3 is 6.58 Å². The predicted molar refractivity (Wildman–Crippen MR) is 42.4 cm³/mol. The van der Waals surface area contributed by atoms with E-state index in [9.17, 15) is 0 Å². The Labute approximate surface area is 73.0 Å². The first-order valence-corrected chi connectivity index (χ1v) is 11.8. The Morgan fingerprint density at radius 3 is 2.25 bits per heavy atom. The van der Waals surface area contributed by atoms with Crippen molar-refractivity contribution < 1.29 is 14.8 Å². The molecule has 0 aromatic heterocycles. The van der Waals surface area contributed by atoms with Gasteiger partial charge in [0.05, 0.1) is 0 Å². The quantitative estimate of drug-likeness (QED) is 0.321. The molecule has 0 aromatic rings. The topological polar surface area (TPSA) is 0 Å². The van der Waals surface area contributed by atoms with Gasteiger partial charge in [-0.15, -0.1) is 0 Å². The summed E-state index contributed by atoms with van der Waals surface area (Å²) in [4.78, 5) is 0. The number of hydrogen-bond acceptors (Lipinski definition) is 0. The minimum atomic E-state index is 1.07. The van der Waals surface area contributed by atoms with Gasteiger partial charge in [-0.25, -0.2) is 0 Å². The number of rotatable bonds is 3. The first-order chi connectivity index (χ1) is 3.91. The van der Waals surface area contributed by atoms with Gasteiger partial charge in [0.15, 0.2) is 0 Å². The molecule has 0 fully saturated rings. The summed E-state index contributed by atoms with van der Waals surface area (Å²) in [7, 11) is 0. The second kappa shape index (κ2) is 15.7. The summed E-state index contributed by atoms with van der Waals surface area (Å²) >= 11 is 3.62. The molecule has 0 heterocycles. The van der Waals surface area contributed by atoms with E-state index in [0.717, 1.165) is 6.42 Å². The summed E-state index contributed by atoms with van der Waals surface area (Å²) in [6.45, 7) is 7.25. The fourth-order valence-electron chi connectivity index (χ4n) is 0.322. The molecule has 0 aliphatic heterocycles. The number of hydrogen-bond donors (Lipinski definition) is 0. The number of halogens is 1. The Balaban J connectivity index is 0. The van der Waals surface area contributed by atoms with E-state index in [1.165, 1.54) is 27.6 Å². The van der Waals surface area contributed by atoms with Gasteiger partial charge in [-0.1, -0.05) is 26.2 Å². The third-order valence-corrected chi connectivity index (χ3v) is 0.724. The Hall–Kier alpha value is 1.09. The summed E-state index contributed by atoms with van der Waals surface area (Å²) in [6, 6.07) is 0. The first-order valence-electron chi connectivity index (χ1n) is 2.72. The second-order valence-corrected chi connectivity index (χ2v) is 1.38. The van der Waals surface area contributed by atoms with Crippen molar-refractivity contribution in [2.45, 2.75) is 26.2 Å². The molecule has 8 heavy (non-hydrogen) atoms. The maximum absolute atomic E-state index is 5.09. The zero-order valence-electron chi connectivity index (χ0n) is 5.36. The van der Waals surface area contributed by atoms with E-state index >= 15 is 0 Å². The molecule has 0 saturated heterocycles. The molecule has 2 heteroatoms. The van der Waals surface area contributed by atoms with Gasteiger partial charge in [-0.2, -0.15) is 0 Å². The van der Waals surface area contributed by atoms with E-state index in [0.29, 0.717) is 0 Å². The Kier molecular flexibility index (Phi) is 23.2.